The van der Waals surface area contributed by atoms with Crippen molar-refractivity contribution in [1.82, 2.24) is 15.6 Å². The topological polar surface area (TPSA) is 80.7 Å². The van der Waals surface area contributed by atoms with Crippen LogP contribution in [0.25, 0.3) is 10.9 Å². The van der Waals surface area contributed by atoms with Crippen LogP contribution in [0.4, 0.5) is 4.39 Å². The van der Waals surface area contributed by atoms with E-state index in [1.54, 1.807) is 12.1 Å². The van der Waals surface area contributed by atoms with Crippen LogP contribution in [0.1, 0.15) is 49.0 Å². The number of fused-ring (bicyclic) bond motifs is 1. The van der Waals surface area contributed by atoms with E-state index in [2.05, 4.69) is 21.7 Å². The fourth-order valence-corrected chi connectivity index (χ4v) is 4.14. The highest BCUT2D eigenvalue weighted by Crippen LogP contribution is 2.33. The Balaban J connectivity index is 1.40. The van der Waals surface area contributed by atoms with Crippen LogP contribution in [0.5, 0.6) is 0 Å². The minimum atomic E-state index is -0.311. The SMILES string of the molecule is N#CC(NC[C@H]1CCCC[C@@H]1NC(=O)c1cc2cc(F)ccc2[nH]1)C1CC1. The number of carbonyl (C=O) groups excluding carboxylic acids is 1. The molecule has 27 heavy (non-hydrogen) atoms. The summed E-state index contributed by atoms with van der Waals surface area (Å²) >= 11 is 0. The summed E-state index contributed by atoms with van der Waals surface area (Å²) in [6, 6.07) is 8.56. The Kier molecular flexibility index (Phi) is 5.13. The molecule has 4 rings (SSSR count). The number of carbonyl (C=O) groups is 1. The lowest BCUT2D eigenvalue weighted by molar-refractivity contribution is 0.0900. The number of aromatic nitrogens is 1. The second kappa shape index (κ2) is 7.69. The molecule has 1 aromatic heterocycles. The Morgan fingerprint density at radius 3 is 2.85 bits per heavy atom. The van der Waals surface area contributed by atoms with E-state index in [1.807, 2.05) is 0 Å². The third kappa shape index (κ3) is 4.14. The molecular weight excluding hydrogens is 343 g/mol. The maximum absolute atomic E-state index is 13.4. The molecule has 3 atom stereocenters. The molecule has 6 heteroatoms. The first kappa shape index (κ1) is 18.0. The van der Waals surface area contributed by atoms with Crippen LogP contribution >= 0.6 is 0 Å². The molecule has 0 radical (unpaired) electrons. The van der Waals surface area contributed by atoms with Gasteiger partial charge in [0, 0.05) is 23.5 Å². The second-order valence-corrected chi connectivity index (χ2v) is 7.89. The van der Waals surface area contributed by atoms with E-state index in [4.69, 9.17) is 0 Å². The Labute approximate surface area is 158 Å². The average molecular weight is 368 g/mol. The van der Waals surface area contributed by atoms with Crippen molar-refractivity contribution in [3.05, 3.63) is 35.8 Å². The number of amides is 1. The van der Waals surface area contributed by atoms with Gasteiger partial charge in [-0.1, -0.05) is 12.8 Å². The maximum Gasteiger partial charge on any atom is 0.267 e. The quantitative estimate of drug-likeness (QED) is 0.730. The summed E-state index contributed by atoms with van der Waals surface area (Å²) in [5, 5.41) is 16.6. The predicted octanol–water partition coefficient (Wildman–Crippen LogP) is 3.49. The van der Waals surface area contributed by atoms with E-state index >= 15 is 0 Å². The van der Waals surface area contributed by atoms with Gasteiger partial charge in [-0.2, -0.15) is 5.26 Å². The molecule has 1 aromatic carbocycles. The normalized spacial score (nSPS) is 23.7. The number of nitriles is 1. The van der Waals surface area contributed by atoms with Gasteiger partial charge in [0.05, 0.1) is 12.1 Å². The first-order valence-corrected chi connectivity index (χ1v) is 9.86. The third-order valence-corrected chi connectivity index (χ3v) is 5.89. The fourth-order valence-electron chi connectivity index (χ4n) is 4.14. The largest absolute Gasteiger partial charge is 0.351 e. The van der Waals surface area contributed by atoms with E-state index in [9.17, 15) is 14.4 Å². The van der Waals surface area contributed by atoms with Gasteiger partial charge in [0.15, 0.2) is 0 Å². The Bertz CT molecular complexity index is 867. The molecule has 2 saturated carbocycles. The number of rotatable bonds is 6. The highest BCUT2D eigenvalue weighted by Gasteiger charge is 2.33. The summed E-state index contributed by atoms with van der Waals surface area (Å²) in [6.45, 7) is 0.761. The first-order valence-electron chi connectivity index (χ1n) is 9.86. The van der Waals surface area contributed by atoms with Gasteiger partial charge >= 0.3 is 0 Å². The monoisotopic (exact) mass is 368 g/mol. The van der Waals surface area contributed by atoms with Crippen LogP contribution in [-0.2, 0) is 0 Å². The predicted molar refractivity (Wildman–Crippen MR) is 102 cm³/mol. The Morgan fingerprint density at radius 1 is 1.26 bits per heavy atom. The molecule has 2 fully saturated rings. The first-order chi connectivity index (χ1) is 13.1. The van der Waals surface area contributed by atoms with Crippen molar-refractivity contribution in [1.29, 1.82) is 5.26 Å². The van der Waals surface area contributed by atoms with Gasteiger partial charge in [-0.3, -0.25) is 4.79 Å². The van der Waals surface area contributed by atoms with E-state index < -0.39 is 0 Å². The molecular formula is C21H25FN4O. The van der Waals surface area contributed by atoms with Gasteiger partial charge in [-0.05, 0) is 61.8 Å². The van der Waals surface area contributed by atoms with Crippen molar-refractivity contribution in [3.63, 3.8) is 0 Å². The molecule has 1 amide bonds. The molecule has 2 aliphatic rings. The van der Waals surface area contributed by atoms with Crippen LogP contribution in [0.2, 0.25) is 0 Å². The van der Waals surface area contributed by atoms with E-state index in [-0.39, 0.29) is 23.8 Å². The molecule has 3 N–H and O–H groups in total. The maximum atomic E-state index is 13.4. The van der Waals surface area contributed by atoms with E-state index in [0.29, 0.717) is 22.9 Å². The van der Waals surface area contributed by atoms with Gasteiger partial charge in [0.2, 0.25) is 0 Å². The van der Waals surface area contributed by atoms with Gasteiger partial charge in [0.1, 0.15) is 11.5 Å². The second-order valence-electron chi connectivity index (χ2n) is 7.89. The lowest BCUT2D eigenvalue weighted by atomic mass is 9.84. The molecule has 0 bridgehead atoms. The summed E-state index contributed by atoms with van der Waals surface area (Å²) in [5.41, 5.74) is 1.21. The van der Waals surface area contributed by atoms with E-state index in [1.165, 1.54) is 12.1 Å². The number of nitrogens with one attached hydrogen (secondary N) is 3. The van der Waals surface area contributed by atoms with Crippen molar-refractivity contribution in [2.24, 2.45) is 11.8 Å². The molecule has 5 nitrogen and oxygen atoms in total. The van der Waals surface area contributed by atoms with Gasteiger partial charge < -0.3 is 15.6 Å². The fraction of sp³-hybridized carbons (Fsp3) is 0.524. The minimum absolute atomic E-state index is 0.0631. The van der Waals surface area contributed by atoms with E-state index in [0.717, 1.165) is 50.6 Å². The highest BCUT2D eigenvalue weighted by molar-refractivity contribution is 5.98. The van der Waals surface area contributed by atoms with Gasteiger partial charge in [-0.25, -0.2) is 4.39 Å². The average Bonchev–Trinajstić information content (AvgIpc) is 3.42. The standard InChI is InChI=1S/C21H25FN4O/c22-16-7-8-18-15(9-16)10-19(25-18)21(27)26-17-4-2-1-3-14(17)12-24-20(11-23)13-5-6-13/h7-10,13-14,17,20,24-25H,1-6,12H2,(H,26,27)/t14-,17+,20?/m1/s1. The van der Waals surface area contributed by atoms with Crippen molar-refractivity contribution < 1.29 is 9.18 Å². The van der Waals surface area contributed by atoms with Gasteiger partial charge in [-0.15, -0.1) is 0 Å². The molecule has 142 valence electrons. The molecule has 0 spiro atoms. The van der Waals surface area contributed by atoms with Crippen LogP contribution < -0.4 is 10.6 Å². The zero-order valence-corrected chi connectivity index (χ0v) is 15.3. The van der Waals surface area contributed by atoms with Crippen molar-refractivity contribution in [2.75, 3.05) is 6.54 Å². The Morgan fingerprint density at radius 2 is 2.07 bits per heavy atom. The molecule has 1 unspecified atom stereocenters. The Hall–Kier alpha value is -2.39. The number of hydrogen-bond acceptors (Lipinski definition) is 3. The molecule has 2 aromatic rings. The van der Waals surface area contributed by atoms with Crippen LogP contribution in [0.15, 0.2) is 24.3 Å². The van der Waals surface area contributed by atoms with Gasteiger partial charge in [0.25, 0.3) is 5.91 Å². The zero-order valence-electron chi connectivity index (χ0n) is 15.3. The molecule has 1 heterocycles. The van der Waals surface area contributed by atoms with Crippen LogP contribution in [0.3, 0.4) is 0 Å². The summed E-state index contributed by atoms with van der Waals surface area (Å²) < 4.78 is 13.4. The summed E-state index contributed by atoms with van der Waals surface area (Å²) in [6.07, 6.45) is 6.54. The number of nitrogens with zero attached hydrogens (tertiary/aromatic N) is 1. The van der Waals surface area contributed by atoms with Crippen molar-refractivity contribution >= 4 is 16.8 Å². The third-order valence-electron chi connectivity index (χ3n) is 5.89. The summed E-state index contributed by atoms with van der Waals surface area (Å²) in [7, 11) is 0. The van der Waals surface area contributed by atoms with Crippen molar-refractivity contribution in [2.45, 2.75) is 50.6 Å². The zero-order chi connectivity index (χ0) is 18.8. The summed E-state index contributed by atoms with van der Waals surface area (Å²) in [5.74, 6) is 0.370. The van der Waals surface area contributed by atoms with Crippen LogP contribution in [-0.4, -0.2) is 29.5 Å². The minimum Gasteiger partial charge on any atom is -0.351 e. The number of benzene rings is 1. The smallest absolute Gasteiger partial charge is 0.267 e. The number of H-pyrrole nitrogens is 1. The lowest BCUT2D eigenvalue weighted by Crippen LogP contribution is -2.47. The number of aromatic amines is 1. The van der Waals surface area contributed by atoms with Crippen molar-refractivity contribution in [3.8, 4) is 6.07 Å². The van der Waals surface area contributed by atoms with Crippen LogP contribution in [0, 0.1) is 29.0 Å². The lowest BCUT2D eigenvalue weighted by Gasteiger charge is -2.33. The molecule has 0 saturated heterocycles. The number of halogens is 1. The number of hydrogen-bond donors (Lipinski definition) is 3. The summed E-state index contributed by atoms with van der Waals surface area (Å²) in [4.78, 5) is 15.8. The molecule has 0 aliphatic heterocycles. The highest BCUT2D eigenvalue weighted by atomic mass is 19.1. The molecule has 2 aliphatic carbocycles.